The molecular formula is C13H18O3. The number of rotatable bonds is 5. The highest BCUT2D eigenvalue weighted by Gasteiger charge is 2.11. The van der Waals surface area contributed by atoms with Crippen LogP contribution in [0.3, 0.4) is 0 Å². The molecule has 0 spiro atoms. The Labute approximate surface area is 96.4 Å². The van der Waals surface area contributed by atoms with Gasteiger partial charge in [0.1, 0.15) is 5.75 Å². The standard InChI is InChI=1S/C13H18O3/c1-4-10-9-11(15-5-2)7-8-12(10)13(14)16-6-3/h7-9H,4-6H2,1-3H3. The molecule has 1 rings (SSSR count). The monoisotopic (exact) mass is 222 g/mol. The highest BCUT2D eigenvalue weighted by molar-refractivity contribution is 5.91. The summed E-state index contributed by atoms with van der Waals surface area (Å²) >= 11 is 0. The second-order valence-corrected chi connectivity index (χ2v) is 3.33. The molecule has 3 heteroatoms. The Balaban J connectivity index is 2.96. The van der Waals surface area contributed by atoms with Gasteiger partial charge in [-0.3, -0.25) is 0 Å². The van der Waals surface area contributed by atoms with Gasteiger partial charge in [-0.1, -0.05) is 6.92 Å². The summed E-state index contributed by atoms with van der Waals surface area (Å²) in [5, 5.41) is 0. The Hall–Kier alpha value is -1.51. The Morgan fingerprint density at radius 2 is 1.94 bits per heavy atom. The zero-order valence-electron chi connectivity index (χ0n) is 10.1. The van der Waals surface area contributed by atoms with E-state index in [-0.39, 0.29) is 5.97 Å². The van der Waals surface area contributed by atoms with Gasteiger partial charge in [-0.05, 0) is 44.0 Å². The second-order valence-electron chi connectivity index (χ2n) is 3.33. The van der Waals surface area contributed by atoms with Gasteiger partial charge in [0.05, 0.1) is 18.8 Å². The molecule has 0 saturated heterocycles. The fourth-order valence-corrected chi connectivity index (χ4v) is 1.53. The summed E-state index contributed by atoms with van der Waals surface area (Å²) in [5.74, 6) is 0.537. The molecule has 0 atom stereocenters. The number of hydrogen-bond acceptors (Lipinski definition) is 3. The van der Waals surface area contributed by atoms with Gasteiger partial charge in [0.2, 0.25) is 0 Å². The molecule has 0 aliphatic heterocycles. The molecule has 16 heavy (non-hydrogen) atoms. The van der Waals surface area contributed by atoms with Crippen molar-refractivity contribution in [1.29, 1.82) is 0 Å². The van der Waals surface area contributed by atoms with Crippen molar-refractivity contribution in [2.75, 3.05) is 13.2 Å². The molecule has 0 aliphatic rings. The summed E-state index contributed by atoms with van der Waals surface area (Å²) in [5.41, 5.74) is 1.59. The molecule has 0 aliphatic carbocycles. The predicted octanol–water partition coefficient (Wildman–Crippen LogP) is 2.82. The van der Waals surface area contributed by atoms with Gasteiger partial charge >= 0.3 is 5.97 Å². The van der Waals surface area contributed by atoms with E-state index in [2.05, 4.69) is 0 Å². The summed E-state index contributed by atoms with van der Waals surface area (Å²) in [6.45, 7) is 6.77. The molecule has 0 fully saturated rings. The lowest BCUT2D eigenvalue weighted by molar-refractivity contribution is 0.0525. The minimum Gasteiger partial charge on any atom is -0.494 e. The number of hydrogen-bond donors (Lipinski definition) is 0. The first-order valence-electron chi connectivity index (χ1n) is 5.65. The van der Waals surface area contributed by atoms with E-state index >= 15 is 0 Å². The quantitative estimate of drug-likeness (QED) is 0.719. The number of carbonyl (C=O) groups excluding carboxylic acids is 1. The van der Waals surface area contributed by atoms with Gasteiger partial charge < -0.3 is 9.47 Å². The van der Waals surface area contributed by atoms with Crippen LogP contribution in [-0.4, -0.2) is 19.2 Å². The van der Waals surface area contributed by atoms with Gasteiger partial charge in [-0.25, -0.2) is 4.79 Å². The van der Waals surface area contributed by atoms with Crippen molar-refractivity contribution in [2.24, 2.45) is 0 Å². The number of benzene rings is 1. The van der Waals surface area contributed by atoms with E-state index in [0.29, 0.717) is 18.8 Å². The first kappa shape index (κ1) is 12.6. The number of esters is 1. The van der Waals surface area contributed by atoms with Crippen LogP contribution in [0.4, 0.5) is 0 Å². The summed E-state index contributed by atoms with van der Waals surface area (Å²) in [6.07, 6.45) is 0.787. The Bertz CT molecular complexity index is 358. The van der Waals surface area contributed by atoms with E-state index in [1.165, 1.54) is 0 Å². The fourth-order valence-electron chi connectivity index (χ4n) is 1.53. The molecule has 0 heterocycles. The molecule has 3 nitrogen and oxygen atoms in total. The van der Waals surface area contributed by atoms with E-state index < -0.39 is 0 Å². The molecule has 0 bridgehead atoms. The summed E-state index contributed by atoms with van der Waals surface area (Å²) < 4.78 is 10.4. The largest absolute Gasteiger partial charge is 0.494 e. The van der Waals surface area contributed by atoms with Crippen LogP contribution in [0.25, 0.3) is 0 Å². The van der Waals surface area contributed by atoms with Crippen molar-refractivity contribution in [3.63, 3.8) is 0 Å². The third-order valence-corrected chi connectivity index (χ3v) is 2.26. The summed E-state index contributed by atoms with van der Waals surface area (Å²) in [4.78, 5) is 11.6. The molecule has 0 N–H and O–H groups in total. The van der Waals surface area contributed by atoms with E-state index in [9.17, 15) is 4.79 Å². The molecule has 1 aromatic carbocycles. The van der Waals surface area contributed by atoms with Crippen molar-refractivity contribution in [3.05, 3.63) is 29.3 Å². The highest BCUT2D eigenvalue weighted by atomic mass is 16.5. The molecule has 0 unspecified atom stereocenters. The van der Waals surface area contributed by atoms with Crippen LogP contribution in [0.1, 0.15) is 36.7 Å². The van der Waals surface area contributed by atoms with E-state index in [1.54, 1.807) is 19.1 Å². The minimum atomic E-state index is -0.262. The van der Waals surface area contributed by atoms with Crippen molar-refractivity contribution in [2.45, 2.75) is 27.2 Å². The molecule has 0 saturated carbocycles. The lowest BCUT2D eigenvalue weighted by atomic mass is 10.1. The SMILES string of the molecule is CCOC(=O)c1ccc(OCC)cc1CC. The first-order chi connectivity index (χ1) is 7.72. The second kappa shape index (κ2) is 6.16. The fraction of sp³-hybridized carbons (Fsp3) is 0.462. The lowest BCUT2D eigenvalue weighted by Gasteiger charge is -2.09. The maximum Gasteiger partial charge on any atom is 0.338 e. The van der Waals surface area contributed by atoms with Gasteiger partial charge in [-0.2, -0.15) is 0 Å². The van der Waals surface area contributed by atoms with Gasteiger partial charge in [0.25, 0.3) is 0 Å². The molecule has 0 radical (unpaired) electrons. The highest BCUT2D eigenvalue weighted by Crippen LogP contribution is 2.19. The van der Waals surface area contributed by atoms with Crippen LogP contribution in [0, 0.1) is 0 Å². The van der Waals surface area contributed by atoms with Crippen LogP contribution < -0.4 is 4.74 Å². The average molecular weight is 222 g/mol. The van der Waals surface area contributed by atoms with Crippen LogP contribution in [0.2, 0.25) is 0 Å². The van der Waals surface area contributed by atoms with Crippen LogP contribution >= 0.6 is 0 Å². The third kappa shape index (κ3) is 2.99. The number of ether oxygens (including phenoxy) is 2. The summed E-state index contributed by atoms with van der Waals surface area (Å²) in [6, 6.07) is 5.46. The average Bonchev–Trinajstić information content (AvgIpc) is 2.29. The van der Waals surface area contributed by atoms with Crippen LogP contribution in [0.5, 0.6) is 5.75 Å². The van der Waals surface area contributed by atoms with E-state index in [0.717, 1.165) is 17.7 Å². The first-order valence-corrected chi connectivity index (χ1v) is 5.65. The zero-order valence-corrected chi connectivity index (χ0v) is 10.1. The van der Waals surface area contributed by atoms with Crippen molar-refractivity contribution < 1.29 is 14.3 Å². The minimum absolute atomic E-state index is 0.262. The van der Waals surface area contributed by atoms with Crippen LogP contribution in [0.15, 0.2) is 18.2 Å². The summed E-state index contributed by atoms with van der Waals surface area (Å²) in [7, 11) is 0. The maximum absolute atomic E-state index is 11.6. The zero-order chi connectivity index (χ0) is 12.0. The Kier molecular flexibility index (Phi) is 4.83. The smallest absolute Gasteiger partial charge is 0.338 e. The van der Waals surface area contributed by atoms with E-state index in [1.807, 2.05) is 19.9 Å². The topological polar surface area (TPSA) is 35.5 Å². The molecule has 0 aromatic heterocycles. The normalized spacial score (nSPS) is 9.94. The molecule has 0 amide bonds. The Morgan fingerprint density at radius 3 is 2.50 bits per heavy atom. The van der Waals surface area contributed by atoms with Gasteiger partial charge in [0.15, 0.2) is 0 Å². The number of aryl methyl sites for hydroxylation is 1. The maximum atomic E-state index is 11.6. The van der Waals surface area contributed by atoms with Gasteiger partial charge in [0, 0.05) is 0 Å². The predicted molar refractivity (Wildman–Crippen MR) is 62.9 cm³/mol. The van der Waals surface area contributed by atoms with Crippen LogP contribution in [-0.2, 0) is 11.2 Å². The molecular weight excluding hydrogens is 204 g/mol. The molecule has 1 aromatic rings. The van der Waals surface area contributed by atoms with Crippen molar-refractivity contribution in [1.82, 2.24) is 0 Å². The Morgan fingerprint density at radius 1 is 1.19 bits per heavy atom. The number of carbonyl (C=O) groups is 1. The van der Waals surface area contributed by atoms with E-state index in [4.69, 9.17) is 9.47 Å². The lowest BCUT2D eigenvalue weighted by Crippen LogP contribution is -2.08. The molecule has 88 valence electrons. The van der Waals surface area contributed by atoms with Gasteiger partial charge in [-0.15, -0.1) is 0 Å². The van der Waals surface area contributed by atoms with Crippen molar-refractivity contribution >= 4 is 5.97 Å². The third-order valence-electron chi connectivity index (χ3n) is 2.26. The van der Waals surface area contributed by atoms with Crippen molar-refractivity contribution in [3.8, 4) is 5.75 Å².